The maximum absolute atomic E-state index is 4.56. The Balaban J connectivity index is 1.24. The molecule has 1 atom stereocenters. The second-order valence-electron chi connectivity index (χ2n) is 7.73. The minimum Gasteiger partial charge on any atom is -0.367 e. The van der Waals surface area contributed by atoms with Crippen molar-refractivity contribution in [3.63, 3.8) is 0 Å². The van der Waals surface area contributed by atoms with Gasteiger partial charge in [0.1, 0.15) is 5.82 Å². The van der Waals surface area contributed by atoms with Crippen LogP contribution in [0.1, 0.15) is 44.2 Å². The van der Waals surface area contributed by atoms with Crippen LogP contribution in [0.15, 0.2) is 42.6 Å². The van der Waals surface area contributed by atoms with Crippen LogP contribution in [0.2, 0.25) is 0 Å². The Morgan fingerprint density at radius 2 is 1.84 bits per heavy atom. The SMILES string of the molecule is C[C@H](C1CC1)n1nccc1NC1CCN(CCc2ccccc2)CC1. The fourth-order valence-corrected chi connectivity index (χ4v) is 3.97. The molecule has 0 spiro atoms. The maximum atomic E-state index is 4.56. The lowest BCUT2D eigenvalue weighted by atomic mass is 10.0. The predicted molar refractivity (Wildman–Crippen MR) is 103 cm³/mol. The van der Waals surface area contributed by atoms with Gasteiger partial charge in [0.05, 0.1) is 12.2 Å². The lowest BCUT2D eigenvalue weighted by Gasteiger charge is -2.33. The van der Waals surface area contributed by atoms with Gasteiger partial charge in [-0.3, -0.25) is 0 Å². The number of anilines is 1. The van der Waals surface area contributed by atoms with Gasteiger partial charge in [-0.2, -0.15) is 5.10 Å². The first-order chi connectivity index (χ1) is 12.3. The van der Waals surface area contributed by atoms with E-state index in [4.69, 9.17) is 0 Å². The molecule has 2 aromatic rings. The Morgan fingerprint density at radius 3 is 2.56 bits per heavy atom. The van der Waals surface area contributed by atoms with E-state index in [1.54, 1.807) is 0 Å². The van der Waals surface area contributed by atoms with Crippen LogP contribution in [0.5, 0.6) is 0 Å². The Bertz CT molecular complexity index is 654. The van der Waals surface area contributed by atoms with Crippen LogP contribution in [-0.2, 0) is 6.42 Å². The maximum Gasteiger partial charge on any atom is 0.124 e. The molecule has 1 aliphatic carbocycles. The fraction of sp³-hybridized carbons (Fsp3) is 0.571. The van der Waals surface area contributed by atoms with Crippen LogP contribution in [0.3, 0.4) is 0 Å². The number of nitrogens with zero attached hydrogens (tertiary/aromatic N) is 3. The molecule has 1 saturated heterocycles. The second kappa shape index (κ2) is 7.61. The molecule has 1 saturated carbocycles. The van der Waals surface area contributed by atoms with E-state index in [1.165, 1.54) is 56.7 Å². The molecule has 4 rings (SSSR count). The standard InChI is InChI=1S/C21H30N4/c1-17(19-7-8-19)25-21(9-13-22-25)23-20-11-15-24(16-12-20)14-10-18-5-3-2-4-6-18/h2-6,9,13,17,19-20,23H,7-8,10-12,14-16H2,1H3/t17-/m1/s1. The number of likely N-dealkylation sites (tertiary alicyclic amines) is 1. The molecule has 1 aliphatic heterocycles. The van der Waals surface area contributed by atoms with Crippen molar-refractivity contribution < 1.29 is 0 Å². The van der Waals surface area contributed by atoms with Gasteiger partial charge in [-0.15, -0.1) is 0 Å². The third-order valence-electron chi connectivity index (χ3n) is 5.86. The summed E-state index contributed by atoms with van der Waals surface area (Å²) >= 11 is 0. The van der Waals surface area contributed by atoms with Crippen molar-refractivity contribution in [2.24, 2.45) is 5.92 Å². The Morgan fingerprint density at radius 1 is 1.08 bits per heavy atom. The van der Waals surface area contributed by atoms with Gasteiger partial charge in [0.15, 0.2) is 0 Å². The molecular weight excluding hydrogens is 308 g/mol. The van der Waals surface area contributed by atoms with Gasteiger partial charge in [0.2, 0.25) is 0 Å². The van der Waals surface area contributed by atoms with Crippen molar-refractivity contribution >= 4 is 5.82 Å². The van der Waals surface area contributed by atoms with Gasteiger partial charge in [0.25, 0.3) is 0 Å². The van der Waals surface area contributed by atoms with Gasteiger partial charge in [-0.25, -0.2) is 4.68 Å². The summed E-state index contributed by atoms with van der Waals surface area (Å²) in [7, 11) is 0. The zero-order valence-electron chi connectivity index (χ0n) is 15.3. The summed E-state index contributed by atoms with van der Waals surface area (Å²) in [4.78, 5) is 2.61. The van der Waals surface area contributed by atoms with E-state index in [-0.39, 0.29) is 0 Å². The second-order valence-corrected chi connectivity index (χ2v) is 7.73. The molecule has 0 bridgehead atoms. The van der Waals surface area contributed by atoms with Crippen LogP contribution < -0.4 is 5.32 Å². The summed E-state index contributed by atoms with van der Waals surface area (Å²) in [6.07, 6.45) is 8.26. The number of nitrogens with one attached hydrogen (secondary N) is 1. The van der Waals surface area contributed by atoms with E-state index in [9.17, 15) is 0 Å². The summed E-state index contributed by atoms with van der Waals surface area (Å²) in [5, 5.41) is 8.33. The number of piperidine rings is 1. The van der Waals surface area contributed by atoms with Crippen LogP contribution in [0.4, 0.5) is 5.82 Å². The van der Waals surface area contributed by atoms with Gasteiger partial charge >= 0.3 is 0 Å². The Labute approximate surface area is 151 Å². The minimum atomic E-state index is 0.531. The average Bonchev–Trinajstić information content (AvgIpc) is 3.41. The van der Waals surface area contributed by atoms with Crippen molar-refractivity contribution in [2.45, 2.75) is 51.1 Å². The molecule has 1 aromatic heterocycles. The average molecular weight is 338 g/mol. The van der Waals surface area contributed by atoms with Gasteiger partial charge in [-0.1, -0.05) is 30.3 Å². The van der Waals surface area contributed by atoms with Gasteiger partial charge in [0, 0.05) is 31.7 Å². The van der Waals surface area contributed by atoms with E-state index in [1.807, 2.05) is 6.20 Å². The highest BCUT2D eigenvalue weighted by atomic mass is 15.3. The van der Waals surface area contributed by atoms with Gasteiger partial charge < -0.3 is 10.2 Å². The fourth-order valence-electron chi connectivity index (χ4n) is 3.97. The van der Waals surface area contributed by atoms with E-state index >= 15 is 0 Å². The number of rotatable bonds is 7. The summed E-state index contributed by atoms with van der Waals surface area (Å²) in [5.41, 5.74) is 1.45. The first-order valence-electron chi connectivity index (χ1n) is 9.86. The molecule has 4 heteroatoms. The van der Waals surface area contributed by atoms with Crippen LogP contribution in [-0.4, -0.2) is 40.4 Å². The number of aromatic nitrogens is 2. The number of hydrogen-bond donors (Lipinski definition) is 1. The van der Waals surface area contributed by atoms with Crippen LogP contribution >= 0.6 is 0 Å². The monoisotopic (exact) mass is 338 g/mol. The molecule has 2 fully saturated rings. The van der Waals surface area contributed by atoms with E-state index in [0.717, 1.165) is 12.3 Å². The van der Waals surface area contributed by atoms with Crippen molar-refractivity contribution in [1.29, 1.82) is 0 Å². The molecule has 1 aromatic carbocycles. The summed E-state index contributed by atoms with van der Waals surface area (Å²) in [6.45, 7) is 5.86. The highest BCUT2D eigenvalue weighted by Crippen LogP contribution is 2.40. The molecule has 1 N–H and O–H groups in total. The lowest BCUT2D eigenvalue weighted by Crippen LogP contribution is -2.40. The van der Waals surface area contributed by atoms with E-state index < -0.39 is 0 Å². The highest BCUT2D eigenvalue weighted by molar-refractivity contribution is 5.36. The predicted octanol–water partition coefficient (Wildman–Crippen LogP) is 3.97. The normalized spacial score (nSPS) is 20.5. The topological polar surface area (TPSA) is 33.1 Å². The smallest absolute Gasteiger partial charge is 0.124 e. The largest absolute Gasteiger partial charge is 0.367 e. The molecule has 134 valence electrons. The summed E-state index contributed by atoms with van der Waals surface area (Å²) < 4.78 is 2.21. The molecule has 25 heavy (non-hydrogen) atoms. The van der Waals surface area contributed by atoms with E-state index in [0.29, 0.717) is 12.1 Å². The first-order valence-corrected chi connectivity index (χ1v) is 9.86. The molecule has 0 amide bonds. The molecule has 4 nitrogen and oxygen atoms in total. The number of hydrogen-bond acceptors (Lipinski definition) is 3. The van der Waals surface area contributed by atoms with Crippen LogP contribution in [0.25, 0.3) is 0 Å². The number of benzene rings is 1. The zero-order valence-corrected chi connectivity index (χ0v) is 15.3. The molecule has 2 aliphatic rings. The van der Waals surface area contributed by atoms with Crippen molar-refractivity contribution in [3.05, 3.63) is 48.2 Å². The minimum absolute atomic E-state index is 0.531. The summed E-state index contributed by atoms with van der Waals surface area (Å²) in [6, 6.07) is 14.1. The van der Waals surface area contributed by atoms with Crippen molar-refractivity contribution in [2.75, 3.05) is 25.0 Å². The molecule has 0 radical (unpaired) electrons. The third kappa shape index (κ3) is 4.24. The zero-order chi connectivity index (χ0) is 17.1. The van der Waals surface area contributed by atoms with Crippen molar-refractivity contribution in [3.8, 4) is 0 Å². The lowest BCUT2D eigenvalue weighted by molar-refractivity contribution is 0.221. The molecule has 0 unspecified atom stereocenters. The quantitative estimate of drug-likeness (QED) is 0.829. The van der Waals surface area contributed by atoms with Gasteiger partial charge in [-0.05, 0) is 50.5 Å². The highest BCUT2D eigenvalue weighted by Gasteiger charge is 2.31. The molecule has 2 heterocycles. The van der Waals surface area contributed by atoms with Crippen LogP contribution in [0, 0.1) is 5.92 Å². The Kier molecular flexibility index (Phi) is 5.07. The molecular formula is C21H30N4. The van der Waals surface area contributed by atoms with Crippen molar-refractivity contribution in [1.82, 2.24) is 14.7 Å². The summed E-state index contributed by atoms with van der Waals surface area (Å²) in [5.74, 6) is 2.04. The third-order valence-corrected chi connectivity index (χ3v) is 5.86. The first kappa shape index (κ1) is 16.6. The van der Waals surface area contributed by atoms with E-state index in [2.05, 4.69) is 63.3 Å². The Hall–Kier alpha value is -1.81.